The first-order valence-electron chi connectivity index (χ1n) is 2.39. The largest absolute Gasteiger partial charge is 0.373 e. The number of hydrogen-bond donors (Lipinski definition) is 0. The zero-order valence-electron chi connectivity index (χ0n) is 4.09. The lowest BCUT2D eigenvalue weighted by Crippen LogP contribution is -2.08. The molecule has 0 bridgehead atoms. The molecule has 0 aromatic carbocycles. The van der Waals surface area contributed by atoms with Crippen molar-refractivity contribution in [3.05, 3.63) is 0 Å². The van der Waals surface area contributed by atoms with Crippen molar-refractivity contribution in [2.24, 2.45) is 0 Å². The second-order valence-corrected chi connectivity index (χ2v) is 3.40. The Bertz CT molecular complexity index is 73.8. The van der Waals surface area contributed by atoms with Gasteiger partial charge in [0, 0.05) is 0 Å². The topological polar surface area (TPSA) is 26.3 Å². The van der Waals surface area contributed by atoms with Gasteiger partial charge in [-0.1, -0.05) is 4.57 Å². The van der Waals surface area contributed by atoms with E-state index in [9.17, 15) is 4.57 Å². The van der Waals surface area contributed by atoms with Gasteiger partial charge in [0.1, 0.15) is 0 Å². The van der Waals surface area contributed by atoms with Gasteiger partial charge in [0.2, 0.25) is 0 Å². The van der Waals surface area contributed by atoms with Crippen LogP contribution in [-0.2, 0) is 9.30 Å². The minimum Gasteiger partial charge on any atom is -0.373 e. The normalized spacial score (nSPS) is 22.6. The summed E-state index contributed by atoms with van der Waals surface area (Å²) >= 11 is 0. The Labute approximate surface area is 43.6 Å². The van der Waals surface area contributed by atoms with E-state index < -0.39 is 7.80 Å². The van der Waals surface area contributed by atoms with E-state index in [1.165, 1.54) is 0 Å². The molecule has 1 rings (SSSR count). The Balaban J connectivity index is 2.25. The van der Waals surface area contributed by atoms with E-state index in [0.717, 1.165) is 12.3 Å². The highest BCUT2D eigenvalue weighted by Crippen LogP contribution is 2.21. The number of hydrogen-bond acceptors (Lipinski definition) is 2. The van der Waals surface area contributed by atoms with E-state index in [-0.39, 0.29) is 0 Å². The van der Waals surface area contributed by atoms with Gasteiger partial charge in [0.15, 0.2) is 12.3 Å². The average molecular weight is 119 g/mol. The maximum Gasteiger partial charge on any atom is 0.343 e. The number of rotatable bonds is 0. The van der Waals surface area contributed by atoms with Crippen molar-refractivity contribution >= 4 is 7.80 Å². The molecule has 0 spiro atoms. The van der Waals surface area contributed by atoms with Gasteiger partial charge in [-0.15, -0.1) is 0 Å². The average Bonchev–Trinajstić information content (AvgIpc) is 1.69. The van der Waals surface area contributed by atoms with Gasteiger partial charge in [-0.25, -0.2) is 0 Å². The molecule has 1 aliphatic rings. The molecular formula is C4H8O2P+. The van der Waals surface area contributed by atoms with Gasteiger partial charge in [0.25, 0.3) is 0 Å². The molecule has 0 aromatic rings. The molecule has 0 N–H and O–H groups in total. The molecule has 0 unspecified atom stereocenters. The van der Waals surface area contributed by atoms with E-state index in [4.69, 9.17) is 4.74 Å². The van der Waals surface area contributed by atoms with Gasteiger partial charge in [-0.05, 0) is 0 Å². The monoisotopic (exact) mass is 119 g/mol. The zero-order valence-corrected chi connectivity index (χ0v) is 4.99. The minimum absolute atomic E-state index is 0.704. The van der Waals surface area contributed by atoms with Crippen molar-refractivity contribution in [2.45, 2.75) is 0 Å². The van der Waals surface area contributed by atoms with Crippen molar-refractivity contribution in [3.8, 4) is 0 Å². The van der Waals surface area contributed by atoms with E-state index in [2.05, 4.69) is 0 Å². The van der Waals surface area contributed by atoms with Crippen molar-refractivity contribution in [1.82, 2.24) is 0 Å². The first kappa shape index (κ1) is 5.20. The lowest BCUT2D eigenvalue weighted by Gasteiger charge is -1.99. The molecule has 0 radical (unpaired) electrons. The van der Waals surface area contributed by atoms with Crippen molar-refractivity contribution in [2.75, 3.05) is 25.5 Å². The Hall–Kier alpha value is 0.0600. The fourth-order valence-electron chi connectivity index (χ4n) is 0.547. The second kappa shape index (κ2) is 2.39. The summed E-state index contributed by atoms with van der Waals surface area (Å²) in [5, 5.41) is 0. The third-order valence-electron chi connectivity index (χ3n) is 0.970. The summed E-state index contributed by atoms with van der Waals surface area (Å²) in [5.41, 5.74) is 0. The highest BCUT2D eigenvalue weighted by molar-refractivity contribution is 7.44. The molecule has 0 saturated carbocycles. The van der Waals surface area contributed by atoms with Crippen LogP contribution >= 0.6 is 7.80 Å². The van der Waals surface area contributed by atoms with Crippen LogP contribution in [0.5, 0.6) is 0 Å². The smallest absolute Gasteiger partial charge is 0.343 e. The van der Waals surface area contributed by atoms with Gasteiger partial charge >= 0.3 is 7.80 Å². The first-order chi connectivity index (χ1) is 3.39. The molecule has 1 heterocycles. The predicted molar refractivity (Wildman–Crippen MR) is 28.2 cm³/mol. The Kier molecular flexibility index (Phi) is 1.77. The van der Waals surface area contributed by atoms with Crippen LogP contribution in [0.4, 0.5) is 0 Å². The van der Waals surface area contributed by atoms with Gasteiger partial charge in [-0.3, -0.25) is 0 Å². The van der Waals surface area contributed by atoms with Crippen LogP contribution in [-0.4, -0.2) is 25.5 Å². The maximum absolute atomic E-state index is 10.5. The molecule has 40 valence electrons. The van der Waals surface area contributed by atoms with Crippen LogP contribution in [0.1, 0.15) is 0 Å². The Morgan fingerprint density at radius 1 is 1.29 bits per heavy atom. The summed E-state index contributed by atoms with van der Waals surface area (Å²) in [6, 6.07) is 0. The molecule has 3 heteroatoms. The summed E-state index contributed by atoms with van der Waals surface area (Å²) in [6.07, 6.45) is 1.55. The minimum atomic E-state index is -0.867. The van der Waals surface area contributed by atoms with E-state index in [1.807, 2.05) is 0 Å². The van der Waals surface area contributed by atoms with Crippen LogP contribution < -0.4 is 0 Å². The van der Waals surface area contributed by atoms with Gasteiger partial charge < -0.3 is 4.74 Å². The second-order valence-electron chi connectivity index (χ2n) is 1.54. The molecule has 1 fully saturated rings. The highest BCUT2D eigenvalue weighted by atomic mass is 31.1. The summed E-state index contributed by atoms with van der Waals surface area (Å²) in [4.78, 5) is 0. The van der Waals surface area contributed by atoms with Crippen molar-refractivity contribution in [3.63, 3.8) is 0 Å². The Morgan fingerprint density at radius 3 is 2.14 bits per heavy atom. The fraction of sp³-hybridized carbons (Fsp3) is 1.00. The lowest BCUT2D eigenvalue weighted by molar-refractivity contribution is 0.157. The molecule has 1 saturated heterocycles. The van der Waals surface area contributed by atoms with Crippen LogP contribution in [0.2, 0.25) is 0 Å². The van der Waals surface area contributed by atoms with Gasteiger partial charge in [-0.2, -0.15) is 0 Å². The van der Waals surface area contributed by atoms with E-state index in [0.29, 0.717) is 13.2 Å². The molecule has 2 nitrogen and oxygen atoms in total. The molecule has 0 atom stereocenters. The highest BCUT2D eigenvalue weighted by Gasteiger charge is 2.18. The summed E-state index contributed by atoms with van der Waals surface area (Å²) in [5.74, 6) is 0. The van der Waals surface area contributed by atoms with Crippen molar-refractivity contribution < 1.29 is 9.30 Å². The van der Waals surface area contributed by atoms with E-state index in [1.54, 1.807) is 0 Å². The zero-order chi connectivity index (χ0) is 5.11. The first-order valence-corrected chi connectivity index (χ1v) is 4.02. The lowest BCUT2D eigenvalue weighted by atomic mass is 10.8. The van der Waals surface area contributed by atoms with Crippen molar-refractivity contribution in [1.29, 1.82) is 0 Å². The van der Waals surface area contributed by atoms with Crippen LogP contribution in [0, 0.1) is 0 Å². The third-order valence-corrected chi connectivity index (χ3v) is 2.33. The quantitative estimate of drug-likeness (QED) is 0.442. The summed E-state index contributed by atoms with van der Waals surface area (Å²) < 4.78 is 15.5. The SMILES string of the molecule is O=[P+]1CCOCC1. The van der Waals surface area contributed by atoms with Crippen LogP contribution in [0.15, 0.2) is 0 Å². The summed E-state index contributed by atoms with van der Waals surface area (Å²) in [7, 11) is -0.867. The molecule has 0 amide bonds. The predicted octanol–water partition coefficient (Wildman–Crippen LogP) is 0.844. The Morgan fingerprint density at radius 2 is 1.86 bits per heavy atom. The molecular weight excluding hydrogens is 111 g/mol. The number of ether oxygens (including phenoxy) is 1. The van der Waals surface area contributed by atoms with Crippen LogP contribution in [0.25, 0.3) is 0 Å². The third kappa shape index (κ3) is 1.54. The molecule has 7 heavy (non-hydrogen) atoms. The molecule has 1 aliphatic heterocycles. The standard InChI is InChI=1S/C4H8O2P/c5-7-3-1-6-2-4-7/h1-4H2/q+1. The maximum atomic E-state index is 10.5. The van der Waals surface area contributed by atoms with E-state index >= 15 is 0 Å². The van der Waals surface area contributed by atoms with Gasteiger partial charge in [0.05, 0.1) is 13.2 Å². The summed E-state index contributed by atoms with van der Waals surface area (Å²) in [6.45, 7) is 1.41. The molecule has 0 aliphatic carbocycles. The molecule has 0 aromatic heterocycles. The fourth-order valence-corrected chi connectivity index (χ4v) is 1.44. The van der Waals surface area contributed by atoms with Crippen LogP contribution in [0.3, 0.4) is 0 Å².